The molecule has 2 aromatic carbocycles. The van der Waals surface area contributed by atoms with Crippen molar-refractivity contribution >= 4 is 29.1 Å². The highest BCUT2D eigenvalue weighted by molar-refractivity contribution is 6.39. The Labute approximate surface area is 284 Å². The zero-order valence-electron chi connectivity index (χ0n) is 26.7. The van der Waals surface area contributed by atoms with Crippen LogP contribution >= 0.6 is 23.2 Å². The van der Waals surface area contributed by atoms with Crippen molar-refractivity contribution in [2.24, 2.45) is 0 Å². The predicted molar refractivity (Wildman–Crippen MR) is 182 cm³/mol. The van der Waals surface area contributed by atoms with E-state index in [0.717, 1.165) is 49.0 Å². The number of hydrogen-bond donors (Lipinski definition) is 2. The van der Waals surface area contributed by atoms with Gasteiger partial charge in [-0.2, -0.15) is 0 Å². The number of aliphatic hydroxyl groups excluding tert-OH is 1. The van der Waals surface area contributed by atoms with E-state index in [1.165, 1.54) is 0 Å². The largest absolute Gasteiger partial charge is 0.480 e. The molecule has 10 nitrogen and oxygen atoms in total. The molecule has 1 amide bonds. The van der Waals surface area contributed by atoms with E-state index < -0.39 is 0 Å². The molecule has 12 heteroatoms. The molecule has 2 aliphatic heterocycles. The van der Waals surface area contributed by atoms with Gasteiger partial charge in [0.15, 0.2) is 0 Å². The molecule has 2 saturated heterocycles. The fourth-order valence-corrected chi connectivity index (χ4v) is 7.00. The van der Waals surface area contributed by atoms with Gasteiger partial charge in [-0.05, 0) is 39.0 Å². The summed E-state index contributed by atoms with van der Waals surface area (Å²) in [6, 6.07) is 11.7. The second-order valence-electron chi connectivity index (χ2n) is 12.0. The number of rotatable bonds is 11. The second-order valence-corrected chi connectivity index (χ2v) is 12.8. The topological polar surface area (TPSA) is 123 Å². The van der Waals surface area contributed by atoms with Crippen molar-refractivity contribution in [1.29, 1.82) is 0 Å². The summed E-state index contributed by atoms with van der Waals surface area (Å²) in [6.45, 7) is 3.32. The molecule has 0 spiro atoms. The van der Waals surface area contributed by atoms with Crippen molar-refractivity contribution in [2.45, 2.75) is 70.2 Å². The van der Waals surface area contributed by atoms with Crippen molar-refractivity contribution in [1.82, 2.24) is 30.2 Å². The SMILES string of the molecule is COc1nc(-c2cccc(-c3cccc(-c4cnc(CN5CC[C@H](O)[C@@H]5C)c(OC)n4)c3Cl)c2Cl)cnc1CCC[C@@H]1CCC(=O)N1. The minimum absolute atomic E-state index is 0.0379. The molecular formula is C35H38Cl2N6O4. The first-order valence-electron chi connectivity index (χ1n) is 15.9. The quantitative estimate of drug-likeness (QED) is 0.193. The number of aryl methyl sites for hydroxylation is 1. The number of benzene rings is 2. The standard InChI is InChI=1S/C35H38Cl2N6O4/c1-20-30(44)15-16-43(20)19-29-35(47-3)42-28(18-39-29)25-11-6-9-23(33(25)37)22-8-5-10-24(32(22)36)27-17-38-26(34(41-27)46-2)12-4-7-21-13-14-31(45)40-21/h5-6,8-11,17-18,20-21,30,44H,4,7,12-16,19H2,1-3H3,(H,40,45)/t20-,21+,30-/m0/s1. The number of amides is 1. The second kappa shape index (κ2) is 14.5. The fourth-order valence-electron chi connectivity index (χ4n) is 6.35. The summed E-state index contributed by atoms with van der Waals surface area (Å²) in [5, 5.41) is 14.1. The third-order valence-corrected chi connectivity index (χ3v) is 9.91. The number of ether oxygens (including phenoxy) is 2. The monoisotopic (exact) mass is 676 g/mol. The smallest absolute Gasteiger partial charge is 0.237 e. The molecule has 47 heavy (non-hydrogen) atoms. The van der Waals surface area contributed by atoms with Crippen LogP contribution in [-0.4, -0.2) is 74.8 Å². The van der Waals surface area contributed by atoms with Gasteiger partial charge in [-0.15, -0.1) is 0 Å². The first-order chi connectivity index (χ1) is 22.8. The first-order valence-corrected chi connectivity index (χ1v) is 16.6. The first kappa shape index (κ1) is 33.1. The van der Waals surface area contributed by atoms with Gasteiger partial charge in [-0.3, -0.25) is 19.7 Å². The normalized spacial score (nSPS) is 19.6. The van der Waals surface area contributed by atoms with E-state index in [4.69, 9.17) is 42.6 Å². The predicted octanol–water partition coefficient (Wildman–Crippen LogP) is 6.15. The summed E-state index contributed by atoms with van der Waals surface area (Å²) in [4.78, 5) is 32.6. The third-order valence-electron chi connectivity index (χ3n) is 9.10. The number of methoxy groups -OCH3 is 2. The molecule has 4 heterocycles. The molecule has 6 rings (SSSR count). The van der Waals surface area contributed by atoms with Crippen molar-refractivity contribution in [3.05, 3.63) is 70.2 Å². The molecule has 2 aromatic heterocycles. The van der Waals surface area contributed by atoms with Gasteiger partial charge in [0.25, 0.3) is 0 Å². The summed E-state index contributed by atoms with van der Waals surface area (Å²) in [5.74, 6) is 0.988. The van der Waals surface area contributed by atoms with E-state index in [-0.39, 0.29) is 24.1 Å². The van der Waals surface area contributed by atoms with Crippen LogP contribution in [0.1, 0.15) is 50.4 Å². The zero-order valence-corrected chi connectivity index (χ0v) is 28.2. The Balaban J connectivity index is 1.24. The van der Waals surface area contributed by atoms with Gasteiger partial charge < -0.3 is 19.9 Å². The fraction of sp³-hybridized carbons (Fsp3) is 0.400. The maximum absolute atomic E-state index is 11.5. The molecular weight excluding hydrogens is 639 g/mol. The molecule has 2 N–H and O–H groups in total. The summed E-state index contributed by atoms with van der Waals surface area (Å²) < 4.78 is 11.2. The van der Waals surface area contributed by atoms with Gasteiger partial charge in [-0.25, -0.2) is 9.97 Å². The molecule has 2 aliphatic rings. The Morgan fingerprint density at radius 2 is 1.47 bits per heavy atom. The Morgan fingerprint density at radius 3 is 2.00 bits per heavy atom. The molecule has 2 fully saturated rings. The van der Waals surface area contributed by atoms with Crippen molar-refractivity contribution in [3.63, 3.8) is 0 Å². The van der Waals surface area contributed by atoms with E-state index in [9.17, 15) is 9.90 Å². The maximum atomic E-state index is 11.5. The number of carbonyl (C=O) groups excluding carboxylic acids is 1. The number of nitrogens with zero attached hydrogens (tertiary/aromatic N) is 5. The number of aliphatic hydroxyl groups is 1. The van der Waals surface area contributed by atoms with Crippen molar-refractivity contribution < 1.29 is 19.4 Å². The minimum Gasteiger partial charge on any atom is -0.480 e. The van der Waals surface area contributed by atoms with Gasteiger partial charge in [0, 0.05) is 53.8 Å². The van der Waals surface area contributed by atoms with Gasteiger partial charge >= 0.3 is 0 Å². The average molecular weight is 678 g/mol. The van der Waals surface area contributed by atoms with Crippen LogP contribution in [0, 0.1) is 0 Å². The summed E-state index contributed by atoms with van der Waals surface area (Å²) >= 11 is 14.1. The van der Waals surface area contributed by atoms with Crippen LogP contribution in [0.25, 0.3) is 33.6 Å². The molecule has 0 bridgehead atoms. The van der Waals surface area contributed by atoms with E-state index in [1.54, 1.807) is 26.6 Å². The third kappa shape index (κ3) is 7.06. The minimum atomic E-state index is -0.350. The Morgan fingerprint density at radius 1 is 0.894 bits per heavy atom. The van der Waals surface area contributed by atoms with Crippen LogP contribution in [0.15, 0.2) is 48.8 Å². The van der Waals surface area contributed by atoms with Crippen LogP contribution in [0.5, 0.6) is 11.8 Å². The average Bonchev–Trinajstić information content (AvgIpc) is 3.65. The Bertz CT molecular complexity index is 1770. The molecule has 0 saturated carbocycles. The number of halogens is 2. The number of nitrogens with one attached hydrogen (secondary N) is 1. The molecule has 0 aliphatic carbocycles. The van der Waals surface area contributed by atoms with Gasteiger partial charge in [0.1, 0.15) is 11.4 Å². The highest BCUT2D eigenvalue weighted by atomic mass is 35.5. The van der Waals surface area contributed by atoms with Crippen LogP contribution in [0.3, 0.4) is 0 Å². The number of aromatic nitrogens is 4. The molecule has 0 unspecified atom stereocenters. The molecule has 4 aromatic rings. The molecule has 3 atom stereocenters. The number of hydrogen-bond acceptors (Lipinski definition) is 9. The molecule has 0 radical (unpaired) electrons. The molecule has 246 valence electrons. The summed E-state index contributed by atoms with van der Waals surface area (Å²) in [7, 11) is 3.16. The van der Waals surface area contributed by atoms with Gasteiger partial charge in [0.05, 0.1) is 54.2 Å². The van der Waals surface area contributed by atoms with Crippen molar-refractivity contribution in [3.8, 4) is 45.4 Å². The Hall–Kier alpha value is -3.83. The van der Waals surface area contributed by atoms with Crippen LogP contribution in [0.4, 0.5) is 0 Å². The summed E-state index contributed by atoms with van der Waals surface area (Å²) in [5.41, 5.74) is 5.47. The Kier molecular flexibility index (Phi) is 10.2. The lowest BCUT2D eigenvalue weighted by Gasteiger charge is -2.22. The lowest BCUT2D eigenvalue weighted by atomic mass is 9.98. The van der Waals surface area contributed by atoms with Crippen LogP contribution in [-0.2, 0) is 17.8 Å². The van der Waals surface area contributed by atoms with Gasteiger partial charge in [0.2, 0.25) is 17.7 Å². The van der Waals surface area contributed by atoms with E-state index in [0.29, 0.717) is 69.4 Å². The van der Waals surface area contributed by atoms with Crippen LogP contribution < -0.4 is 14.8 Å². The van der Waals surface area contributed by atoms with Crippen molar-refractivity contribution in [2.75, 3.05) is 20.8 Å². The van der Waals surface area contributed by atoms with Gasteiger partial charge in [-0.1, -0.05) is 59.6 Å². The van der Waals surface area contributed by atoms with E-state index >= 15 is 0 Å². The highest BCUT2D eigenvalue weighted by Crippen LogP contribution is 2.42. The van der Waals surface area contributed by atoms with E-state index in [1.807, 2.05) is 43.3 Å². The lowest BCUT2D eigenvalue weighted by Crippen LogP contribution is -2.32. The number of likely N-dealkylation sites (tertiary alicyclic amines) is 1. The van der Waals surface area contributed by atoms with E-state index in [2.05, 4.69) is 20.2 Å². The number of carbonyl (C=O) groups is 1. The zero-order chi connectivity index (χ0) is 33.1. The maximum Gasteiger partial charge on any atom is 0.237 e. The lowest BCUT2D eigenvalue weighted by molar-refractivity contribution is -0.119. The van der Waals surface area contributed by atoms with Crippen LogP contribution in [0.2, 0.25) is 10.0 Å². The summed E-state index contributed by atoms with van der Waals surface area (Å²) in [6.07, 6.45) is 7.71. The highest BCUT2D eigenvalue weighted by Gasteiger charge is 2.30.